The summed E-state index contributed by atoms with van der Waals surface area (Å²) in [5.74, 6) is -9.63. The molecule has 3 aromatic rings. The van der Waals surface area contributed by atoms with Crippen LogP contribution in [0.3, 0.4) is 0 Å². The largest absolute Gasteiger partial charge is 0.481 e. The van der Waals surface area contributed by atoms with Crippen LogP contribution < -0.4 is 10.9 Å². The van der Waals surface area contributed by atoms with Crippen molar-refractivity contribution in [1.82, 2.24) is 14.8 Å². The highest BCUT2D eigenvalue weighted by Gasteiger charge is 2.47. The average molecular weight is 752 g/mol. The Morgan fingerprint density at radius 2 is 1.56 bits per heavy atom. The van der Waals surface area contributed by atoms with Gasteiger partial charge in [0.05, 0.1) is 23.1 Å². The Kier molecular flexibility index (Phi) is 12.7. The van der Waals surface area contributed by atoms with E-state index in [9.17, 15) is 55.3 Å². The number of benzene rings is 2. The first-order valence-corrected chi connectivity index (χ1v) is 16.0. The first kappa shape index (κ1) is 42.0. The molecule has 0 saturated carbocycles. The maximum Gasteiger partial charge on any atom is 0.419 e. The van der Waals surface area contributed by atoms with Crippen LogP contribution in [0.15, 0.2) is 35.3 Å². The smallest absolute Gasteiger partial charge is 0.419 e. The maximum absolute atomic E-state index is 16.5. The fraction of sp³-hybridized carbons (Fsp3) is 0.457. The van der Waals surface area contributed by atoms with E-state index in [0.717, 1.165) is 25.3 Å². The molecule has 0 aliphatic rings. The molecule has 3 N–H and O–H groups in total. The van der Waals surface area contributed by atoms with Gasteiger partial charge in [-0.3, -0.25) is 14.4 Å². The Balaban J connectivity index is 2.35. The summed E-state index contributed by atoms with van der Waals surface area (Å²) in [6, 6.07) is 0.418. The number of aromatic nitrogens is 1. The van der Waals surface area contributed by atoms with E-state index in [4.69, 9.17) is 0 Å². The zero-order valence-electron chi connectivity index (χ0n) is 29.0. The molecular weight excluding hydrogens is 713 g/mol. The minimum absolute atomic E-state index is 0.00824. The van der Waals surface area contributed by atoms with Crippen molar-refractivity contribution in [2.45, 2.75) is 78.0 Å². The molecule has 0 saturated heterocycles. The second-order valence-corrected chi connectivity index (χ2v) is 13.0. The van der Waals surface area contributed by atoms with Gasteiger partial charge in [-0.15, -0.1) is 0 Å². The van der Waals surface area contributed by atoms with Crippen molar-refractivity contribution in [3.63, 3.8) is 0 Å². The first-order valence-electron chi connectivity index (χ1n) is 16.0. The summed E-state index contributed by atoms with van der Waals surface area (Å²) < 4.78 is 132. The molecule has 0 aliphatic carbocycles. The van der Waals surface area contributed by atoms with Crippen LogP contribution in [-0.4, -0.2) is 51.7 Å². The number of carboxylic acid groups (broad SMARTS) is 1. The number of pyridine rings is 1. The van der Waals surface area contributed by atoms with Crippen LogP contribution in [-0.2, 0) is 34.1 Å². The molecule has 52 heavy (non-hydrogen) atoms. The number of nitrogens with zero attached hydrogens (tertiary/aromatic N) is 2. The van der Waals surface area contributed by atoms with Crippen LogP contribution in [0, 0.1) is 37.2 Å². The Morgan fingerprint density at radius 3 is 2.08 bits per heavy atom. The van der Waals surface area contributed by atoms with Crippen LogP contribution >= 0.6 is 0 Å². The highest BCUT2D eigenvalue weighted by Crippen LogP contribution is 2.43. The minimum Gasteiger partial charge on any atom is -0.481 e. The molecule has 0 fully saturated rings. The molecule has 1 heterocycles. The molecule has 2 aromatic carbocycles. The summed E-state index contributed by atoms with van der Waals surface area (Å²) in [6.45, 7) is 7.69. The van der Waals surface area contributed by atoms with E-state index in [0.29, 0.717) is 11.1 Å². The summed E-state index contributed by atoms with van der Waals surface area (Å²) in [7, 11) is 1.62. The second-order valence-electron chi connectivity index (χ2n) is 13.0. The van der Waals surface area contributed by atoms with Gasteiger partial charge in [-0.1, -0.05) is 26.8 Å². The lowest BCUT2D eigenvalue weighted by Gasteiger charge is -2.33. The first-order chi connectivity index (χ1) is 23.8. The second kappa shape index (κ2) is 15.7. The number of likely N-dealkylation sites (N-methyl/N-ethyl adjacent to an activating group) is 1. The number of carboxylic acids is 1. The number of amides is 1. The third-order valence-corrected chi connectivity index (χ3v) is 8.64. The molecule has 1 unspecified atom stereocenters. The number of rotatable bonds is 13. The number of nitrogens with one attached hydrogen (secondary N) is 1. The molecule has 0 radical (unpaired) electrons. The van der Waals surface area contributed by atoms with E-state index < -0.39 is 105 Å². The third-order valence-electron chi connectivity index (χ3n) is 8.64. The van der Waals surface area contributed by atoms with E-state index in [1.165, 1.54) is 20.8 Å². The maximum atomic E-state index is 16.5. The van der Waals surface area contributed by atoms with Gasteiger partial charge in [-0.2, -0.15) is 26.3 Å². The number of aliphatic carboxylic acids is 1. The number of hydrogen-bond donors (Lipinski definition) is 3. The lowest BCUT2D eigenvalue weighted by atomic mass is 9.87. The van der Waals surface area contributed by atoms with Crippen molar-refractivity contribution >= 4 is 11.9 Å². The number of alkyl halides is 6. The number of carbonyl (C=O) groups excluding carboxylic acids is 1. The highest BCUT2D eigenvalue weighted by molar-refractivity contribution is 5.83. The summed E-state index contributed by atoms with van der Waals surface area (Å²) >= 11 is 0. The lowest BCUT2D eigenvalue weighted by Crippen LogP contribution is -2.52. The molecule has 286 valence electrons. The third kappa shape index (κ3) is 9.15. The van der Waals surface area contributed by atoms with Crippen molar-refractivity contribution in [1.29, 1.82) is 0 Å². The lowest BCUT2D eigenvalue weighted by molar-refractivity contribution is -0.148. The van der Waals surface area contributed by atoms with Crippen LogP contribution in [0.5, 0.6) is 0 Å². The van der Waals surface area contributed by atoms with Crippen LogP contribution in [0.2, 0.25) is 0 Å². The number of aliphatic hydroxyl groups is 1. The van der Waals surface area contributed by atoms with Crippen molar-refractivity contribution in [2.75, 3.05) is 20.1 Å². The van der Waals surface area contributed by atoms with Gasteiger partial charge < -0.3 is 25.0 Å². The van der Waals surface area contributed by atoms with Crippen LogP contribution in [0.25, 0.3) is 11.1 Å². The molecule has 1 amide bonds. The van der Waals surface area contributed by atoms with Gasteiger partial charge in [0, 0.05) is 24.4 Å². The topological polar surface area (TPSA) is 112 Å². The van der Waals surface area contributed by atoms with E-state index in [-0.39, 0.29) is 42.6 Å². The molecule has 0 bridgehead atoms. The normalized spacial score (nSPS) is 14.1. The molecule has 0 aliphatic heterocycles. The Morgan fingerprint density at radius 1 is 0.962 bits per heavy atom. The van der Waals surface area contributed by atoms with Gasteiger partial charge >= 0.3 is 18.3 Å². The van der Waals surface area contributed by atoms with E-state index in [1.54, 1.807) is 24.2 Å². The monoisotopic (exact) mass is 751 g/mol. The van der Waals surface area contributed by atoms with Gasteiger partial charge in [0.1, 0.15) is 23.5 Å². The predicted molar refractivity (Wildman–Crippen MR) is 172 cm³/mol. The van der Waals surface area contributed by atoms with Crippen molar-refractivity contribution < 1.29 is 59.3 Å². The Hall–Kier alpha value is -4.38. The summed E-state index contributed by atoms with van der Waals surface area (Å²) in [6.07, 6.45) is -12.3. The van der Waals surface area contributed by atoms with E-state index in [2.05, 4.69) is 0 Å². The SMILES string of the molecule is CCN(C)CCc1cn(C(CC(C)C)C(=O)N[C@](O)(CC(=O)O)c2c(F)c(-c3c(C)ccc(F)c3C)cc(C(F)(F)F)c2F)c(=O)cc1C(F)(F)F. The zero-order chi connectivity index (χ0) is 39.7. The van der Waals surface area contributed by atoms with Gasteiger partial charge in [-0.05, 0) is 80.6 Å². The Labute approximate surface area is 292 Å². The summed E-state index contributed by atoms with van der Waals surface area (Å²) in [5, 5.41) is 23.0. The number of halogens is 9. The fourth-order valence-corrected chi connectivity index (χ4v) is 5.89. The number of aryl methyl sites for hydroxylation is 1. The van der Waals surface area contributed by atoms with Gasteiger partial charge in [0.15, 0.2) is 5.72 Å². The fourth-order valence-electron chi connectivity index (χ4n) is 5.89. The molecule has 2 atom stereocenters. The molecule has 17 heteroatoms. The van der Waals surface area contributed by atoms with Crippen molar-refractivity contribution in [2.24, 2.45) is 5.92 Å². The number of hydrogen-bond acceptors (Lipinski definition) is 5. The van der Waals surface area contributed by atoms with Crippen LogP contribution in [0.4, 0.5) is 39.5 Å². The zero-order valence-corrected chi connectivity index (χ0v) is 29.0. The number of carbonyl (C=O) groups is 2. The minimum atomic E-state index is -5.60. The molecule has 8 nitrogen and oxygen atoms in total. The van der Waals surface area contributed by atoms with Crippen molar-refractivity contribution in [3.05, 3.63) is 91.6 Å². The highest BCUT2D eigenvalue weighted by atomic mass is 19.4. The summed E-state index contributed by atoms with van der Waals surface area (Å²) in [5.41, 5.74) is -13.0. The molecule has 0 spiro atoms. The van der Waals surface area contributed by atoms with E-state index in [1.807, 2.05) is 0 Å². The molecule has 3 rings (SSSR count). The Bertz CT molecular complexity index is 1890. The molecule has 1 aromatic heterocycles. The van der Waals surface area contributed by atoms with Gasteiger partial charge in [0.25, 0.3) is 5.56 Å². The van der Waals surface area contributed by atoms with Crippen molar-refractivity contribution in [3.8, 4) is 11.1 Å². The summed E-state index contributed by atoms with van der Waals surface area (Å²) in [4.78, 5) is 40.8. The van der Waals surface area contributed by atoms with E-state index >= 15 is 8.78 Å². The average Bonchev–Trinajstić information content (AvgIpc) is 3.00. The molecular formula is C35H38F9N3O5. The van der Waals surface area contributed by atoms with Crippen LogP contribution in [0.1, 0.15) is 73.0 Å². The van der Waals surface area contributed by atoms with Gasteiger partial charge in [0.2, 0.25) is 5.91 Å². The standard InChI is InChI=1S/C35H38F9N3O5/c1-7-46(6)11-10-20-16-47(26(48)14-22(20)34(39,40)41)25(12-17(2)3)32(51)45-33(52,15-27(49)50)29-30(37)21(13-23(31(29)38)35(42,43)44)28-18(4)8-9-24(36)19(28)5/h8-9,13-14,16-17,25,52H,7,10-12,15H2,1-6H3,(H,45,51)(H,49,50)/t25?,33-/m0/s1. The quantitative estimate of drug-likeness (QED) is 0.127. The predicted octanol–water partition coefficient (Wildman–Crippen LogP) is 7.10. The van der Waals surface area contributed by atoms with Gasteiger partial charge in [-0.25, -0.2) is 13.2 Å².